The molecule has 0 aromatic carbocycles. The molecule has 8 heavy (non-hydrogen) atoms. The highest BCUT2D eigenvalue weighted by Crippen LogP contribution is 1.89. The van der Waals surface area contributed by atoms with Crippen LogP contribution < -0.4 is 11.5 Å². The summed E-state index contributed by atoms with van der Waals surface area (Å²) >= 11 is 1.39. The maximum Gasteiger partial charge on any atom is 0.158 e. The number of hydrogen-bond acceptors (Lipinski definition) is 3. The maximum atomic E-state index is 5.27. The van der Waals surface area contributed by atoms with Crippen LogP contribution in [0, 0.1) is 0 Å². The van der Waals surface area contributed by atoms with Gasteiger partial charge in [-0.3, -0.25) is 0 Å². The van der Waals surface area contributed by atoms with Crippen LogP contribution in [-0.2, 0) is 0 Å². The molecule has 0 aromatic heterocycles. The van der Waals surface area contributed by atoms with E-state index in [-0.39, 0.29) is 0 Å². The van der Waals surface area contributed by atoms with Crippen molar-refractivity contribution in [2.24, 2.45) is 16.5 Å². The molecule has 0 spiro atoms. The first-order chi connectivity index (χ1) is 3.81. The van der Waals surface area contributed by atoms with Crippen LogP contribution >= 0.6 is 11.8 Å². The normalized spacial score (nSPS) is 12.9. The zero-order chi connectivity index (χ0) is 6.41. The van der Waals surface area contributed by atoms with Gasteiger partial charge in [-0.1, -0.05) is 11.8 Å². The van der Waals surface area contributed by atoms with Crippen molar-refractivity contribution in [2.75, 3.05) is 6.26 Å². The largest absolute Gasteiger partial charge is 0.403 e. The van der Waals surface area contributed by atoms with Gasteiger partial charge in [0.15, 0.2) is 5.17 Å². The first-order valence-electron chi connectivity index (χ1n) is 2.05. The standard InChI is InChI=1S/C4H9N3S/c1-8-4(6)7-3-2-5/h2-3H,5H2,1H3,(H2,6,7)/b3-2-. The lowest BCUT2D eigenvalue weighted by Crippen LogP contribution is -2.03. The first kappa shape index (κ1) is 7.36. The average molecular weight is 131 g/mol. The number of nitrogens with two attached hydrogens (primary N) is 2. The quantitative estimate of drug-likeness (QED) is 0.391. The van der Waals surface area contributed by atoms with E-state index in [2.05, 4.69) is 4.99 Å². The molecule has 0 aliphatic rings. The molecular weight excluding hydrogens is 122 g/mol. The van der Waals surface area contributed by atoms with Crippen LogP contribution in [0.3, 0.4) is 0 Å². The number of amidine groups is 1. The second kappa shape index (κ2) is 4.52. The van der Waals surface area contributed by atoms with E-state index in [0.29, 0.717) is 5.17 Å². The van der Waals surface area contributed by atoms with E-state index in [1.807, 2.05) is 6.26 Å². The Morgan fingerprint density at radius 1 is 1.75 bits per heavy atom. The van der Waals surface area contributed by atoms with Crippen molar-refractivity contribution in [3.05, 3.63) is 12.4 Å². The van der Waals surface area contributed by atoms with E-state index in [9.17, 15) is 0 Å². The molecule has 0 radical (unpaired) electrons. The summed E-state index contributed by atoms with van der Waals surface area (Å²) in [6, 6.07) is 0. The highest BCUT2D eigenvalue weighted by molar-refractivity contribution is 8.13. The number of thioether (sulfide) groups is 1. The molecule has 0 aliphatic heterocycles. The van der Waals surface area contributed by atoms with Gasteiger partial charge in [0.05, 0.1) is 0 Å². The van der Waals surface area contributed by atoms with Crippen LogP contribution in [0.4, 0.5) is 0 Å². The van der Waals surface area contributed by atoms with Gasteiger partial charge in [0.1, 0.15) is 0 Å². The molecule has 0 amide bonds. The summed E-state index contributed by atoms with van der Waals surface area (Å²) in [6.45, 7) is 0. The predicted molar refractivity (Wildman–Crippen MR) is 38.5 cm³/mol. The summed E-state index contributed by atoms with van der Waals surface area (Å²) < 4.78 is 0. The van der Waals surface area contributed by atoms with Crippen molar-refractivity contribution in [1.82, 2.24) is 0 Å². The third-order valence-electron chi connectivity index (χ3n) is 0.497. The van der Waals surface area contributed by atoms with E-state index in [1.54, 1.807) is 0 Å². The van der Waals surface area contributed by atoms with Gasteiger partial charge in [0.25, 0.3) is 0 Å². The SMILES string of the molecule is CSC(N)=N/C=C\N. The van der Waals surface area contributed by atoms with E-state index in [1.165, 1.54) is 24.2 Å². The monoisotopic (exact) mass is 131 g/mol. The number of aliphatic imine (C=N–C) groups is 1. The fourth-order valence-corrected chi connectivity index (χ4v) is 0.335. The van der Waals surface area contributed by atoms with Crippen LogP contribution in [0.15, 0.2) is 17.4 Å². The van der Waals surface area contributed by atoms with Crippen molar-refractivity contribution in [3.63, 3.8) is 0 Å². The number of rotatable bonds is 1. The lowest BCUT2D eigenvalue weighted by molar-refractivity contribution is 1.47. The van der Waals surface area contributed by atoms with Gasteiger partial charge in [0.2, 0.25) is 0 Å². The summed E-state index contributed by atoms with van der Waals surface area (Å²) in [5.74, 6) is 0. The molecule has 0 saturated heterocycles. The Morgan fingerprint density at radius 2 is 2.38 bits per heavy atom. The van der Waals surface area contributed by atoms with Crippen LogP contribution in [-0.4, -0.2) is 11.4 Å². The molecule has 4 heteroatoms. The zero-order valence-corrected chi connectivity index (χ0v) is 5.48. The summed E-state index contributed by atoms with van der Waals surface area (Å²) in [5.41, 5.74) is 10.2. The molecule has 0 unspecified atom stereocenters. The van der Waals surface area contributed by atoms with Crippen molar-refractivity contribution in [1.29, 1.82) is 0 Å². The Morgan fingerprint density at radius 3 is 2.75 bits per heavy atom. The minimum absolute atomic E-state index is 0.520. The molecule has 0 saturated carbocycles. The summed E-state index contributed by atoms with van der Waals surface area (Å²) in [5, 5.41) is 0.520. The summed E-state index contributed by atoms with van der Waals surface area (Å²) in [7, 11) is 0. The van der Waals surface area contributed by atoms with Gasteiger partial charge in [-0.2, -0.15) is 0 Å². The average Bonchev–Trinajstić information content (AvgIpc) is 1.83. The Labute approximate surface area is 52.8 Å². The second-order valence-corrected chi connectivity index (χ2v) is 1.84. The molecule has 0 fully saturated rings. The predicted octanol–water partition coefficient (Wildman–Crippen LogP) is 0.0940. The highest BCUT2D eigenvalue weighted by atomic mass is 32.2. The van der Waals surface area contributed by atoms with E-state index in [4.69, 9.17) is 11.5 Å². The lowest BCUT2D eigenvalue weighted by Gasteiger charge is -1.86. The minimum atomic E-state index is 0.520. The van der Waals surface area contributed by atoms with Crippen LogP contribution in [0.1, 0.15) is 0 Å². The van der Waals surface area contributed by atoms with Gasteiger partial charge in [-0.15, -0.1) is 0 Å². The molecule has 3 nitrogen and oxygen atoms in total. The van der Waals surface area contributed by atoms with Crippen molar-refractivity contribution in [3.8, 4) is 0 Å². The molecule has 0 rings (SSSR count). The second-order valence-electron chi connectivity index (χ2n) is 1.01. The Hall–Kier alpha value is -0.640. The molecular formula is C4H9N3S. The summed E-state index contributed by atoms with van der Waals surface area (Å²) in [4.78, 5) is 3.71. The number of hydrogen-bond donors (Lipinski definition) is 2. The highest BCUT2D eigenvalue weighted by Gasteiger charge is 1.78. The maximum absolute atomic E-state index is 5.27. The third-order valence-corrected chi connectivity index (χ3v) is 1.02. The van der Waals surface area contributed by atoms with Crippen LogP contribution in [0.2, 0.25) is 0 Å². The Balaban J connectivity index is 3.57. The van der Waals surface area contributed by atoms with Gasteiger partial charge in [-0.25, -0.2) is 4.99 Å². The van der Waals surface area contributed by atoms with E-state index >= 15 is 0 Å². The molecule has 0 aliphatic carbocycles. The fraction of sp³-hybridized carbons (Fsp3) is 0.250. The van der Waals surface area contributed by atoms with Crippen LogP contribution in [0.25, 0.3) is 0 Å². The smallest absolute Gasteiger partial charge is 0.158 e. The zero-order valence-electron chi connectivity index (χ0n) is 4.66. The molecule has 0 aromatic rings. The van der Waals surface area contributed by atoms with Gasteiger partial charge in [0, 0.05) is 12.4 Å². The molecule has 46 valence electrons. The van der Waals surface area contributed by atoms with Crippen molar-refractivity contribution in [2.45, 2.75) is 0 Å². The van der Waals surface area contributed by atoms with E-state index < -0.39 is 0 Å². The molecule has 4 N–H and O–H groups in total. The number of nitrogens with zero attached hydrogens (tertiary/aromatic N) is 1. The topological polar surface area (TPSA) is 64.4 Å². The van der Waals surface area contributed by atoms with Gasteiger partial charge >= 0.3 is 0 Å². The van der Waals surface area contributed by atoms with Crippen molar-refractivity contribution >= 4 is 16.9 Å². The molecule has 0 heterocycles. The third kappa shape index (κ3) is 3.55. The summed E-state index contributed by atoms with van der Waals surface area (Å²) in [6.07, 6.45) is 4.64. The Kier molecular flexibility index (Phi) is 4.16. The van der Waals surface area contributed by atoms with Gasteiger partial charge < -0.3 is 11.5 Å². The van der Waals surface area contributed by atoms with Crippen LogP contribution in [0.5, 0.6) is 0 Å². The molecule has 0 bridgehead atoms. The molecule has 0 atom stereocenters. The van der Waals surface area contributed by atoms with Crippen molar-refractivity contribution < 1.29 is 0 Å². The minimum Gasteiger partial charge on any atom is -0.403 e. The van der Waals surface area contributed by atoms with Gasteiger partial charge in [-0.05, 0) is 6.26 Å². The first-order valence-corrected chi connectivity index (χ1v) is 3.27. The lowest BCUT2D eigenvalue weighted by atomic mass is 10.9. The van der Waals surface area contributed by atoms with E-state index in [0.717, 1.165) is 0 Å². The fourth-order valence-electron chi connectivity index (χ4n) is 0.169. The Bertz CT molecular complexity index is 108.